The number of carbonyl (C=O) groups is 1. The third-order valence-corrected chi connectivity index (χ3v) is 5.25. The molecule has 2 N–H and O–H groups in total. The number of nitrogens with one attached hydrogen (secondary N) is 1. The summed E-state index contributed by atoms with van der Waals surface area (Å²) in [6, 6.07) is 3.32. The molecular weight excluding hydrogens is 314 g/mol. The molecule has 1 saturated heterocycles. The van der Waals surface area contributed by atoms with E-state index in [1.807, 2.05) is 0 Å². The maximum absolute atomic E-state index is 13.8. The average Bonchev–Trinajstić information content (AvgIpc) is 2.59. The van der Waals surface area contributed by atoms with E-state index in [0.717, 1.165) is 25.3 Å². The molecule has 24 heavy (non-hydrogen) atoms. The molecule has 4 nitrogen and oxygen atoms in total. The first-order valence-corrected chi connectivity index (χ1v) is 8.49. The van der Waals surface area contributed by atoms with Gasteiger partial charge in [0.2, 0.25) is 0 Å². The number of carbonyl (C=O) groups excluding carboxylic acids is 1. The molecule has 0 bridgehead atoms. The number of amides is 2. The largest absolute Gasteiger partial charge is 0.396 e. The minimum absolute atomic E-state index is 0.0681. The minimum atomic E-state index is -0.607. The fourth-order valence-electron chi connectivity index (χ4n) is 3.17. The quantitative estimate of drug-likeness (QED) is 0.864. The van der Waals surface area contributed by atoms with Crippen LogP contribution in [0.5, 0.6) is 0 Å². The lowest BCUT2D eigenvalue weighted by molar-refractivity contribution is 0.0519. The van der Waals surface area contributed by atoms with Crippen molar-refractivity contribution in [3.8, 4) is 0 Å². The van der Waals surface area contributed by atoms with E-state index in [0.29, 0.717) is 18.7 Å². The van der Waals surface area contributed by atoms with E-state index in [9.17, 15) is 18.7 Å². The van der Waals surface area contributed by atoms with Crippen LogP contribution in [0.25, 0.3) is 0 Å². The second-order valence-corrected chi connectivity index (χ2v) is 6.75. The number of aliphatic hydroxyl groups excluding tert-OH is 1. The van der Waals surface area contributed by atoms with Crippen molar-refractivity contribution < 1.29 is 18.7 Å². The number of rotatable bonds is 5. The number of aliphatic hydroxyl groups is 1. The minimum Gasteiger partial charge on any atom is -0.396 e. The van der Waals surface area contributed by atoms with E-state index >= 15 is 0 Å². The van der Waals surface area contributed by atoms with Gasteiger partial charge in [0.15, 0.2) is 0 Å². The van der Waals surface area contributed by atoms with Gasteiger partial charge in [-0.25, -0.2) is 13.6 Å². The van der Waals surface area contributed by atoms with E-state index in [2.05, 4.69) is 12.2 Å². The monoisotopic (exact) mass is 340 g/mol. The summed E-state index contributed by atoms with van der Waals surface area (Å²) in [5.74, 6) is -1.44. The highest BCUT2D eigenvalue weighted by Gasteiger charge is 2.33. The number of hydrogen-bond acceptors (Lipinski definition) is 2. The Morgan fingerprint density at radius 3 is 2.58 bits per heavy atom. The van der Waals surface area contributed by atoms with E-state index < -0.39 is 11.6 Å². The predicted molar refractivity (Wildman–Crippen MR) is 88.8 cm³/mol. The van der Waals surface area contributed by atoms with Crippen LogP contribution in [-0.2, 0) is 0 Å². The molecule has 0 aromatic heterocycles. The maximum atomic E-state index is 13.8. The van der Waals surface area contributed by atoms with Crippen LogP contribution in [0.3, 0.4) is 0 Å². The van der Waals surface area contributed by atoms with E-state index in [-0.39, 0.29) is 30.5 Å². The number of urea groups is 1. The smallest absolute Gasteiger partial charge is 0.317 e. The van der Waals surface area contributed by atoms with Gasteiger partial charge in [-0.05, 0) is 36.3 Å². The zero-order valence-electron chi connectivity index (χ0n) is 14.3. The third-order valence-electron chi connectivity index (χ3n) is 5.25. The summed E-state index contributed by atoms with van der Waals surface area (Å²) in [7, 11) is 0. The number of halogens is 2. The normalized spacial score (nSPS) is 18.3. The molecule has 1 aliphatic heterocycles. The van der Waals surface area contributed by atoms with Crippen molar-refractivity contribution in [1.29, 1.82) is 0 Å². The topological polar surface area (TPSA) is 52.6 Å². The first-order valence-electron chi connectivity index (χ1n) is 8.49. The molecule has 2 amide bonds. The lowest BCUT2D eigenvalue weighted by Crippen LogP contribution is -2.48. The highest BCUT2D eigenvalue weighted by atomic mass is 19.1. The van der Waals surface area contributed by atoms with Gasteiger partial charge in [-0.15, -0.1) is 0 Å². The van der Waals surface area contributed by atoms with Crippen molar-refractivity contribution in [2.75, 3.05) is 26.2 Å². The van der Waals surface area contributed by atoms with Crippen LogP contribution >= 0.6 is 0 Å². The fourth-order valence-corrected chi connectivity index (χ4v) is 3.17. The van der Waals surface area contributed by atoms with Gasteiger partial charge >= 0.3 is 6.03 Å². The van der Waals surface area contributed by atoms with Gasteiger partial charge in [-0.2, -0.15) is 0 Å². The van der Waals surface area contributed by atoms with Crippen LogP contribution in [0.1, 0.15) is 44.6 Å². The molecule has 1 aliphatic rings. The van der Waals surface area contributed by atoms with Crippen LogP contribution in [0.4, 0.5) is 13.6 Å². The molecule has 2 rings (SSSR count). The van der Waals surface area contributed by atoms with Crippen molar-refractivity contribution in [1.82, 2.24) is 10.2 Å². The van der Waals surface area contributed by atoms with Gasteiger partial charge in [0.1, 0.15) is 11.6 Å². The second-order valence-electron chi connectivity index (χ2n) is 6.75. The van der Waals surface area contributed by atoms with Gasteiger partial charge in [-0.1, -0.05) is 19.9 Å². The lowest BCUT2D eigenvalue weighted by atomic mass is 9.77. The molecular formula is C18H26F2N2O2. The SMILES string of the molecule is CCC1(CO)CCN(C(=O)NCC(C)c2ccc(F)cc2F)CC1. The molecule has 1 aromatic carbocycles. The van der Waals surface area contributed by atoms with E-state index in [4.69, 9.17) is 0 Å². The molecule has 134 valence electrons. The molecule has 0 spiro atoms. The van der Waals surface area contributed by atoms with Gasteiger partial charge in [-0.3, -0.25) is 0 Å². The zero-order valence-corrected chi connectivity index (χ0v) is 14.3. The molecule has 0 saturated carbocycles. The number of likely N-dealkylation sites (tertiary alicyclic amines) is 1. The van der Waals surface area contributed by atoms with Crippen molar-refractivity contribution in [2.45, 2.75) is 39.0 Å². The molecule has 1 aromatic rings. The van der Waals surface area contributed by atoms with Gasteiger partial charge in [0.25, 0.3) is 0 Å². The summed E-state index contributed by atoms with van der Waals surface area (Å²) < 4.78 is 26.7. The molecule has 1 fully saturated rings. The van der Waals surface area contributed by atoms with Crippen molar-refractivity contribution in [3.05, 3.63) is 35.4 Å². The summed E-state index contributed by atoms with van der Waals surface area (Å²) in [6.07, 6.45) is 2.48. The Labute approximate surface area is 141 Å². The van der Waals surface area contributed by atoms with Crippen molar-refractivity contribution in [3.63, 3.8) is 0 Å². The Morgan fingerprint density at radius 2 is 2.04 bits per heavy atom. The standard InChI is InChI=1S/C18H26F2N2O2/c1-3-18(12-23)6-8-22(9-7-18)17(24)21-11-13(2)15-5-4-14(19)10-16(15)20/h4-5,10,13,23H,3,6-9,11-12H2,1-2H3,(H,21,24). The summed E-state index contributed by atoms with van der Waals surface area (Å²) in [5.41, 5.74) is 0.321. The van der Waals surface area contributed by atoms with Crippen LogP contribution in [-0.4, -0.2) is 42.3 Å². The molecule has 6 heteroatoms. The number of piperidine rings is 1. The highest BCUT2D eigenvalue weighted by molar-refractivity contribution is 5.74. The lowest BCUT2D eigenvalue weighted by Gasteiger charge is -2.40. The average molecular weight is 340 g/mol. The Kier molecular flexibility index (Phi) is 6.15. The van der Waals surface area contributed by atoms with E-state index in [1.165, 1.54) is 12.1 Å². The number of hydrogen-bond donors (Lipinski definition) is 2. The Hall–Kier alpha value is -1.69. The summed E-state index contributed by atoms with van der Waals surface area (Å²) >= 11 is 0. The molecule has 1 unspecified atom stereocenters. The number of nitrogens with zero attached hydrogens (tertiary/aromatic N) is 1. The Bertz CT molecular complexity index is 566. The summed E-state index contributed by atoms with van der Waals surface area (Å²) in [6.45, 7) is 5.52. The molecule has 0 aliphatic carbocycles. The predicted octanol–water partition coefficient (Wildman–Crippen LogP) is 3.26. The number of benzene rings is 1. The molecule has 1 heterocycles. The van der Waals surface area contributed by atoms with Crippen molar-refractivity contribution in [2.24, 2.45) is 5.41 Å². The summed E-state index contributed by atoms with van der Waals surface area (Å²) in [4.78, 5) is 14.0. The van der Waals surface area contributed by atoms with E-state index in [1.54, 1.807) is 11.8 Å². The first-order chi connectivity index (χ1) is 11.4. The Morgan fingerprint density at radius 1 is 1.38 bits per heavy atom. The highest BCUT2D eigenvalue weighted by Crippen LogP contribution is 2.34. The van der Waals surface area contributed by atoms with Crippen LogP contribution in [0.2, 0.25) is 0 Å². The third kappa shape index (κ3) is 4.23. The maximum Gasteiger partial charge on any atom is 0.317 e. The Balaban J connectivity index is 1.85. The van der Waals surface area contributed by atoms with Crippen LogP contribution in [0, 0.1) is 17.0 Å². The van der Waals surface area contributed by atoms with Gasteiger partial charge in [0.05, 0.1) is 0 Å². The van der Waals surface area contributed by atoms with Crippen LogP contribution < -0.4 is 5.32 Å². The summed E-state index contributed by atoms with van der Waals surface area (Å²) in [5, 5.41) is 12.4. The molecule has 0 radical (unpaired) electrons. The van der Waals surface area contributed by atoms with Crippen LogP contribution in [0.15, 0.2) is 18.2 Å². The second kappa shape index (κ2) is 7.92. The fraction of sp³-hybridized carbons (Fsp3) is 0.611. The zero-order chi connectivity index (χ0) is 17.7. The van der Waals surface area contributed by atoms with Gasteiger partial charge < -0.3 is 15.3 Å². The first kappa shape index (κ1) is 18.6. The molecule has 1 atom stereocenters. The van der Waals surface area contributed by atoms with Gasteiger partial charge in [0, 0.05) is 38.2 Å². The van der Waals surface area contributed by atoms with Crippen molar-refractivity contribution >= 4 is 6.03 Å².